The van der Waals surface area contributed by atoms with Gasteiger partial charge >= 0.3 is 0 Å². The highest BCUT2D eigenvalue weighted by Crippen LogP contribution is 2.10. The van der Waals surface area contributed by atoms with E-state index in [2.05, 4.69) is 29.4 Å². The van der Waals surface area contributed by atoms with Crippen molar-refractivity contribution in [3.8, 4) is 5.69 Å². The van der Waals surface area contributed by atoms with Crippen molar-refractivity contribution in [2.75, 3.05) is 6.61 Å². The first kappa shape index (κ1) is 11.8. The fourth-order valence-corrected chi connectivity index (χ4v) is 1.68. The highest BCUT2D eigenvalue weighted by Gasteiger charge is 2.02. The number of benzene rings is 1. The van der Waals surface area contributed by atoms with Gasteiger partial charge in [0.2, 0.25) is 0 Å². The lowest BCUT2D eigenvalue weighted by Gasteiger charge is -2.01. The molecule has 0 aliphatic rings. The Morgan fingerprint density at radius 2 is 2.00 bits per heavy atom. The molecule has 1 aromatic heterocycles. The minimum absolute atomic E-state index is 0.193. The minimum atomic E-state index is 0.193. The maximum Gasteiger partial charge on any atom is 0.0832 e. The zero-order valence-electron chi connectivity index (χ0n) is 10.0. The van der Waals surface area contributed by atoms with E-state index in [-0.39, 0.29) is 6.61 Å². The Morgan fingerprint density at radius 3 is 2.65 bits per heavy atom. The maximum absolute atomic E-state index is 8.75. The summed E-state index contributed by atoms with van der Waals surface area (Å²) in [5.74, 6) is 0. The van der Waals surface area contributed by atoms with E-state index in [9.17, 15) is 0 Å². The highest BCUT2D eigenvalue weighted by molar-refractivity contribution is 5.33. The SMILES string of the molecule is CCc1ccc(-n2cc(CCCO)nn2)cc1. The van der Waals surface area contributed by atoms with Crippen LogP contribution in [0.1, 0.15) is 24.6 Å². The molecule has 4 heteroatoms. The molecule has 0 spiro atoms. The van der Waals surface area contributed by atoms with Crippen molar-refractivity contribution < 1.29 is 5.11 Å². The van der Waals surface area contributed by atoms with Gasteiger partial charge in [0.25, 0.3) is 0 Å². The molecule has 0 atom stereocenters. The van der Waals surface area contributed by atoms with Crippen LogP contribution >= 0.6 is 0 Å². The number of aryl methyl sites for hydroxylation is 2. The quantitative estimate of drug-likeness (QED) is 0.853. The van der Waals surface area contributed by atoms with E-state index in [0.29, 0.717) is 0 Å². The number of aliphatic hydroxyl groups excluding tert-OH is 1. The van der Waals surface area contributed by atoms with Gasteiger partial charge < -0.3 is 5.11 Å². The van der Waals surface area contributed by atoms with E-state index in [1.165, 1.54) is 5.56 Å². The first-order chi connectivity index (χ1) is 8.33. The first-order valence-electron chi connectivity index (χ1n) is 5.95. The summed E-state index contributed by atoms with van der Waals surface area (Å²) in [4.78, 5) is 0. The summed E-state index contributed by atoms with van der Waals surface area (Å²) < 4.78 is 1.77. The third-order valence-corrected chi connectivity index (χ3v) is 2.74. The van der Waals surface area contributed by atoms with Crippen molar-refractivity contribution in [2.24, 2.45) is 0 Å². The number of hydrogen-bond acceptors (Lipinski definition) is 3. The molecule has 1 N–H and O–H groups in total. The van der Waals surface area contributed by atoms with Crippen LogP contribution in [0.5, 0.6) is 0 Å². The first-order valence-corrected chi connectivity index (χ1v) is 5.95. The lowest BCUT2D eigenvalue weighted by molar-refractivity contribution is 0.288. The normalized spacial score (nSPS) is 10.7. The second kappa shape index (κ2) is 5.59. The average molecular weight is 231 g/mol. The summed E-state index contributed by atoms with van der Waals surface area (Å²) in [5, 5.41) is 16.9. The Balaban J connectivity index is 2.12. The van der Waals surface area contributed by atoms with Crippen molar-refractivity contribution in [2.45, 2.75) is 26.2 Å². The molecule has 0 radical (unpaired) electrons. The van der Waals surface area contributed by atoms with Gasteiger partial charge in [0.05, 0.1) is 17.6 Å². The van der Waals surface area contributed by atoms with Crippen LogP contribution in [-0.2, 0) is 12.8 Å². The standard InChI is InChI=1S/C13H17N3O/c1-2-11-5-7-13(8-6-11)16-10-12(14-15-16)4-3-9-17/h5-8,10,17H,2-4,9H2,1H3. The molecule has 90 valence electrons. The van der Waals surface area contributed by atoms with Gasteiger partial charge in [-0.25, -0.2) is 4.68 Å². The molecule has 0 aliphatic carbocycles. The molecule has 1 aromatic carbocycles. The fourth-order valence-electron chi connectivity index (χ4n) is 1.68. The van der Waals surface area contributed by atoms with Gasteiger partial charge in [-0.3, -0.25) is 0 Å². The Hall–Kier alpha value is -1.68. The van der Waals surface area contributed by atoms with Crippen LogP contribution in [0.2, 0.25) is 0 Å². The molecule has 1 heterocycles. The Morgan fingerprint density at radius 1 is 1.24 bits per heavy atom. The highest BCUT2D eigenvalue weighted by atomic mass is 16.2. The molecule has 0 unspecified atom stereocenters. The van der Waals surface area contributed by atoms with Crippen molar-refractivity contribution in [3.63, 3.8) is 0 Å². The van der Waals surface area contributed by atoms with Crippen LogP contribution in [0.3, 0.4) is 0 Å². The van der Waals surface area contributed by atoms with E-state index in [1.807, 2.05) is 18.3 Å². The zero-order valence-corrected chi connectivity index (χ0v) is 10.0. The van der Waals surface area contributed by atoms with Crippen LogP contribution in [0.15, 0.2) is 30.5 Å². The molecule has 17 heavy (non-hydrogen) atoms. The van der Waals surface area contributed by atoms with Crippen LogP contribution < -0.4 is 0 Å². The predicted octanol–water partition coefficient (Wildman–Crippen LogP) is 1.75. The van der Waals surface area contributed by atoms with Gasteiger partial charge in [-0.1, -0.05) is 24.3 Å². The predicted molar refractivity (Wildman–Crippen MR) is 66.1 cm³/mol. The summed E-state index contributed by atoms with van der Waals surface area (Å²) in [6, 6.07) is 8.29. The number of aromatic nitrogens is 3. The monoisotopic (exact) mass is 231 g/mol. The number of hydrogen-bond donors (Lipinski definition) is 1. The second-order valence-electron chi connectivity index (χ2n) is 4.00. The smallest absolute Gasteiger partial charge is 0.0832 e. The van der Waals surface area contributed by atoms with Crippen molar-refractivity contribution in [3.05, 3.63) is 41.7 Å². The van der Waals surface area contributed by atoms with Crippen molar-refractivity contribution >= 4 is 0 Å². The van der Waals surface area contributed by atoms with Crippen LogP contribution in [0, 0.1) is 0 Å². The molecule has 2 rings (SSSR count). The molecule has 0 fully saturated rings. The summed E-state index contributed by atoms with van der Waals surface area (Å²) in [6.07, 6.45) is 4.45. The second-order valence-corrected chi connectivity index (χ2v) is 4.00. The van der Waals surface area contributed by atoms with Gasteiger partial charge in [-0.2, -0.15) is 0 Å². The van der Waals surface area contributed by atoms with E-state index < -0.39 is 0 Å². The van der Waals surface area contributed by atoms with Crippen LogP contribution in [0.4, 0.5) is 0 Å². The van der Waals surface area contributed by atoms with Gasteiger partial charge in [0.15, 0.2) is 0 Å². The largest absolute Gasteiger partial charge is 0.396 e. The van der Waals surface area contributed by atoms with Gasteiger partial charge in [-0.15, -0.1) is 5.10 Å². The van der Waals surface area contributed by atoms with E-state index in [4.69, 9.17) is 5.11 Å². The number of aliphatic hydroxyl groups is 1. The van der Waals surface area contributed by atoms with Gasteiger partial charge in [0, 0.05) is 6.61 Å². The van der Waals surface area contributed by atoms with Gasteiger partial charge in [0.1, 0.15) is 0 Å². The third-order valence-electron chi connectivity index (χ3n) is 2.74. The van der Waals surface area contributed by atoms with Crippen molar-refractivity contribution in [1.29, 1.82) is 0 Å². The molecule has 0 saturated heterocycles. The topological polar surface area (TPSA) is 50.9 Å². The van der Waals surface area contributed by atoms with Crippen LogP contribution in [-0.4, -0.2) is 26.7 Å². The lowest BCUT2D eigenvalue weighted by Crippen LogP contribution is -1.94. The summed E-state index contributed by atoms with van der Waals surface area (Å²) in [6.45, 7) is 2.33. The summed E-state index contributed by atoms with van der Waals surface area (Å²) in [7, 11) is 0. The Bertz CT molecular complexity index is 462. The summed E-state index contributed by atoms with van der Waals surface area (Å²) in [5.41, 5.74) is 3.25. The minimum Gasteiger partial charge on any atom is -0.396 e. The average Bonchev–Trinajstić information content (AvgIpc) is 2.85. The zero-order chi connectivity index (χ0) is 12.1. The molecule has 0 bridgehead atoms. The lowest BCUT2D eigenvalue weighted by atomic mass is 10.1. The third kappa shape index (κ3) is 2.91. The van der Waals surface area contributed by atoms with E-state index in [0.717, 1.165) is 30.6 Å². The van der Waals surface area contributed by atoms with Crippen LogP contribution in [0.25, 0.3) is 5.69 Å². The number of rotatable bonds is 5. The Kier molecular flexibility index (Phi) is 3.88. The van der Waals surface area contributed by atoms with Gasteiger partial charge in [-0.05, 0) is 37.0 Å². The molecule has 4 nitrogen and oxygen atoms in total. The van der Waals surface area contributed by atoms with Crippen molar-refractivity contribution in [1.82, 2.24) is 15.0 Å². The van der Waals surface area contributed by atoms with E-state index in [1.54, 1.807) is 4.68 Å². The summed E-state index contributed by atoms with van der Waals surface area (Å²) >= 11 is 0. The molecule has 2 aromatic rings. The molecular weight excluding hydrogens is 214 g/mol. The molecule has 0 aliphatic heterocycles. The van der Waals surface area contributed by atoms with E-state index >= 15 is 0 Å². The molecule has 0 amide bonds. The molecule has 0 saturated carbocycles. The number of nitrogens with zero attached hydrogens (tertiary/aromatic N) is 3. The fraction of sp³-hybridized carbons (Fsp3) is 0.385. The molecular formula is C13H17N3O. The Labute approximate surface area is 101 Å². The maximum atomic E-state index is 8.75.